The molecule has 0 atom stereocenters. The maximum Gasteiger partial charge on any atom is 0.343 e. The first kappa shape index (κ1) is 18.4. The van der Waals surface area contributed by atoms with Gasteiger partial charge >= 0.3 is 5.97 Å². The number of hydrogen-bond acceptors (Lipinski definition) is 5. The van der Waals surface area contributed by atoms with Gasteiger partial charge in [0.1, 0.15) is 23.1 Å². The van der Waals surface area contributed by atoms with E-state index >= 15 is 0 Å². The lowest BCUT2D eigenvalue weighted by molar-refractivity contribution is 0.0734. The van der Waals surface area contributed by atoms with Crippen LogP contribution in [0.3, 0.4) is 0 Å². The van der Waals surface area contributed by atoms with Crippen molar-refractivity contribution in [3.63, 3.8) is 0 Å². The number of ether oxygens (including phenoxy) is 3. The molecule has 0 spiro atoms. The average Bonchev–Trinajstić information content (AvgIpc) is 3.03. The second-order valence-electron chi connectivity index (χ2n) is 6.27. The maximum atomic E-state index is 13.3. The number of hydrogen-bond donors (Lipinski definition) is 0. The molecule has 3 aromatic carbocycles. The van der Waals surface area contributed by atoms with E-state index in [1.165, 1.54) is 43.5 Å². The zero-order valence-corrected chi connectivity index (χ0v) is 15.3. The van der Waals surface area contributed by atoms with Gasteiger partial charge < -0.3 is 14.2 Å². The third-order valence-electron chi connectivity index (χ3n) is 4.32. The Bertz CT molecular complexity index is 1130. The standard InChI is InChI=1S/C23H15FO5/c1-27-17-7-5-15(6-8-17)23(26)28-18-9-10-19-20(13-18)29-21(22(19)25)12-14-3-2-4-16(24)11-14/h2-13H,1H3. The van der Waals surface area contributed by atoms with Crippen LogP contribution >= 0.6 is 0 Å². The van der Waals surface area contributed by atoms with Crippen LogP contribution in [0.5, 0.6) is 17.2 Å². The molecule has 1 aliphatic heterocycles. The number of carbonyl (C=O) groups excluding carboxylic acids is 2. The number of fused-ring (bicyclic) bond motifs is 1. The smallest absolute Gasteiger partial charge is 0.343 e. The number of benzene rings is 3. The van der Waals surface area contributed by atoms with E-state index in [4.69, 9.17) is 14.2 Å². The van der Waals surface area contributed by atoms with Crippen molar-refractivity contribution in [1.82, 2.24) is 0 Å². The van der Waals surface area contributed by atoms with Gasteiger partial charge in [-0.3, -0.25) is 4.79 Å². The third kappa shape index (κ3) is 3.87. The molecule has 0 bridgehead atoms. The maximum absolute atomic E-state index is 13.3. The second-order valence-corrected chi connectivity index (χ2v) is 6.27. The van der Waals surface area contributed by atoms with Crippen LogP contribution in [-0.4, -0.2) is 18.9 Å². The van der Waals surface area contributed by atoms with E-state index in [-0.39, 0.29) is 23.0 Å². The molecular formula is C23H15FO5. The molecule has 0 saturated carbocycles. The van der Waals surface area contributed by atoms with Crippen LogP contribution in [0.25, 0.3) is 6.08 Å². The summed E-state index contributed by atoms with van der Waals surface area (Å²) in [6, 6.07) is 16.8. The Morgan fingerprint density at radius 2 is 1.76 bits per heavy atom. The van der Waals surface area contributed by atoms with Gasteiger partial charge in [0.2, 0.25) is 5.78 Å². The molecule has 0 saturated heterocycles. The predicted molar refractivity (Wildman–Crippen MR) is 104 cm³/mol. The van der Waals surface area contributed by atoms with Gasteiger partial charge in [-0.15, -0.1) is 0 Å². The normalized spacial score (nSPS) is 13.7. The van der Waals surface area contributed by atoms with Crippen LogP contribution in [0.2, 0.25) is 0 Å². The Kier molecular flexibility index (Phi) is 4.83. The average molecular weight is 390 g/mol. The number of allylic oxidation sites excluding steroid dienone is 1. The molecule has 0 fully saturated rings. The molecular weight excluding hydrogens is 375 g/mol. The molecule has 5 nitrogen and oxygen atoms in total. The summed E-state index contributed by atoms with van der Waals surface area (Å²) in [5.74, 6) is -0.0605. The highest BCUT2D eigenvalue weighted by atomic mass is 19.1. The van der Waals surface area contributed by atoms with Crippen molar-refractivity contribution in [3.05, 3.63) is 95.0 Å². The van der Waals surface area contributed by atoms with Gasteiger partial charge in [-0.05, 0) is 60.2 Å². The summed E-state index contributed by atoms with van der Waals surface area (Å²) < 4.78 is 29.4. The third-order valence-corrected chi connectivity index (χ3v) is 4.32. The fourth-order valence-corrected chi connectivity index (χ4v) is 2.87. The molecule has 144 valence electrons. The first-order valence-corrected chi connectivity index (χ1v) is 8.73. The minimum absolute atomic E-state index is 0.0734. The number of methoxy groups -OCH3 is 1. The Hall–Kier alpha value is -3.93. The first-order valence-electron chi connectivity index (χ1n) is 8.73. The summed E-state index contributed by atoms with van der Waals surface area (Å²) in [6.45, 7) is 0. The molecule has 4 rings (SSSR count). The largest absolute Gasteiger partial charge is 0.497 e. The molecule has 0 aliphatic carbocycles. The zero-order valence-electron chi connectivity index (χ0n) is 15.3. The summed E-state index contributed by atoms with van der Waals surface area (Å²) in [5, 5.41) is 0. The van der Waals surface area contributed by atoms with Crippen molar-refractivity contribution in [2.75, 3.05) is 7.11 Å². The number of ketones is 1. The molecule has 0 amide bonds. The van der Waals surface area contributed by atoms with Crippen molar-refractivity contribution in [3.8, 4) is 17.2 Å². The van der Waals surface area contributed by atoms with Gasteiger partial charge in [0.15, 0.2) is 5.76 Å². The van der Waals surface area contributed by atoms with E-state index in [0.29, 0.717) is 22.4 Å². The van der Waals surface area contributed by atoms with Crippen molar-refractivity contribution in [2.45, 2.75) is 0 Å². The monoisotopic (exact) mass is 390 g/mol. The van der Waals surface area contributed by atoms with E-state index in [1.807, 2.05) is 0 Å². The molecule has 1 aliphatic rings. The van der Waals surface area contributed by atoms with Crippen molar-refractivity contribution >= 4 is 17.8 Å². The number of carbonyl (C=O) groups is 2. The Morgan fingerprint density at radius 3 is 2.48 bits per heavy atom. The number of esters is 1. The molecule has 0 aromatic heterocycles. The van der Waals surface area contributed by atoms with Crippen LogP contribution < -0.4 is 14.2 Å². The lowest BCUT2D eigenvalue weighted by Crippen LogP contribution is -2.08. The Labute approximate surface area is 166 Å². The van der Waals surface area contributed by atoms with Crippen LogP contribution in [0.1, 0.15) is 26.3 Å². The van der Waals surface area contributed by atoms with Gasteiger partial charge in [-0.2, -0.15) is 0 Å². The molecule has 6 heteroatoms. The highest BCUT2D eigenvalue weighted by Gasteiger charge is 2.28. The molecule has 29 heavy (non-hydrogen) atoms. The number of Topliss-reactive ketones (excluding diaryl/α,β-unsaturated/α-hetero) is 1. The van der Waals surface area contributed by atoms with Crippen LogP contribution in [-0.2, 0) is 0 Å². The molecule has 1 heterocycles. The Balaban J connectivity index is 1.53. The van der Waals surface area contributed by atoms with Crippen LogP contribution in [0.15, 0.2) is 72.5 Å². The quantitative estimate of drug-likeness (QED) is 0.368. The second kappa shape index (κ2) is 7.59. The van der Waals surface area contributed by atoms with E-state index in [1.54, 1.807) is 36.4 Å². The van der Waals surface area contributed by atoms with Crippen molar-refractivity contribution in [2.24, 2.45) is 0 Å². The summed E-state index contributed by atoms with van der Waals surface area (Å²) in [6.07, 6.45) is 1.47. The lowest BCUT2D eigenvalue weighted by Gasteiger charge is -2.06. The number of rotatable bonds is 4. The number of halogens is 1. The lowest BCUT2D eigenvalue weighted by atomic mass is 10.1. The minimum Gasteiger partial charge on any atom is -0.497 e. The highest BCUT2D eigenvalue weighted by molar-refractivity contribution is 6.14. The van der Waals surface area contributed by atoms with Crippen LogP contribution in [0, 0.1) is 5.82 Å². The van der Waals surface area contributed by atoms with E-state index in [2.05, 4.69) is 0 Å². The zero-order chi connectivity index (χ0) is 20.4. The molecule has 0 N–H and O–H groups in total. The van der Waals surface area contributed by atoms with Gasteiger partial charge in [-0.25, -0.2) is 9.18 Å². The van der Waals surface area contributed by atoms with E-state index in [0.717, 1.165) is 0 Å². The fraction of sp³-hybridized carbons (Fsp3) is 0.0435. The summed E-state index contributed by atoms with van der Waals surface area (Å²) in [5.41, 5.74) is 1.21. The topological polar surface area (TPSA) is 61.8 Å². The van der Waals surface area contributed by atoms with Crippen molar-refractivity contribution in [1.29, 1.82) is 0 Å². The summed E-state index contributed by atoms with van der Waals surface area (Å²) in [4.78, 5) is 24.8. The molecule has 0 unspecified atom stereocenters. The van der Waals surface area contributed by atoms with Crippen LogP contribution in [0.4, 0.5) is 4.39 Å². The van der Waals surface area contributed by atoms with Gasteiger partial charge in [-0.1, -0.05) is 12.1 Å². The molecule has 0 radical (unpaired) electrons. The van der Waals surface area contributed by atoms with Gasteiger partial charge in [0, 0.05) is 6.07 Å². The van der Waals surface area contributed by atoms with E-state index < -0.39 is 11.8 Å². The van der Waals surface area contributed by atoms with E-state index in [9.17, 15) is 14.0 Å². The van der Waals surface area contributed by atoms with Crippen molar-refractivity contribution < 1.29 is 28.2 Å². The fourth-order valence-electron chi connectivity index (χ4n) is 2.87. The highest BCUT2D eigenvalue weighted by Crippen LogP contribution is 2.35. The SMILES string of the molecule is COc1ccc(C(=O)Oc2ccc3c(c2)OC(=Cc2cccc(F)c2)C3=O)cc1. The Morgan fingerprint density at radius 1 is 1.00 bits per heavy atom. The van der Waals surface area contributed by atoms with Gasteiger partial charge in [0.25, 0.3) is 0 Å². The van der Waals surface area contributed by atoms with Gasteiger partial charge in [0.05, 0.1) is 18.2 Å². The molecule has 3 aromatic rings. The summed E-state index contributed by atoms with van der Waals surface area (Å²) in [7, 11) is 1.54. The first-order chi connectivity index (χ1) is 14.0. The summed E-state index contributed by atoms with van der Waals surface area (Å²) >= 11 is 0. The predicted octanol–water partition coefficient (Wildman–Crippen LogP) is 4.67. The minimum atomic E-state index is -0.549.